The fourth-order valence-corrected chi connectivity index (χ4v) is 2.00. The molecule has 0 spiro atoms. The molecule has 0 saturated carbocycles. The van der Waals surface area contributed by atoms with Crippen LogP contribution in [0.2, 0.25) is 0 Å². The Balaban J connectivity index is 2.00. The molecule has 0 aromatic carbocycles. The summed E-state index contributed by atoms with van der Waals surface area (Å²) < 4.78 is 13.4. The lowest BCUT2D eigenvalue weighted by Gasteiger charge is -2.21. The van der Waals surface area contributed by atoms with Gasteiger partial charge in [0.05, 0.1) is 0 Å². The summed E-state index contributed by atoms with van der Waals surface area (Å²) in [5.41, 5.74) is 0. The number of hydrogen-bond donors (Lipinski definition) is 1. The third-order valence-electron chi connectivity index (χ3n) is 2.80. The fourth-order valence-electron chi connectivity index (χ4n) is 2.00. The van der Waals surface area contributed by atoms with Gasteiger partial charge in [-0.2, -0.15) is 0 Å². The normalized spacial score (nSPS) is 20.5. The first-order valence-corrected chi connectivity index (χ1v) is 5.30. The number of rotatable bonds is 3. The minimum absolute atomic E-state index is 0.244. The Morgan fingerprint density at radius 3 is 3.20 bits per heavy atom. The molecule has 1 saturated heterocycles. The fraction of sp³-hybridized carbons (Fsp3) is 0.545. The molecule has 2 heterocycles. The molecule has 0 bridgehead atoms. The van der Waals surface area contributed by atoms with Crippen molar-refractivity contribution in [2.24, 2.45) is 5.92 Å². The van der Waals surface area contributed by atoms with Crippen LogP contribution in [0.25, 0.3) is 0 Å². The summed E-state index contributed by atoms with van der Waals surface area (Å²) in [7, 11) is 1.89. The van der Waals surface area contributed by atoms with E-state index in [0.717, 1.165) is 19.6 Å². The van der Waals surface area contributed by atoms with Crippen molar-refractivity contribution in [3.05, 3.63) is 24.1 Å². The van der Waals surface area contributed by atoms with Crippen molar-refractivity contribution in [1.29, 1.82) is 0 Å². The SMILES string of the molecule is CN(CC1CCNC1)c1ncccc1F. The molecule has 0 radical (unpaired) electrons. The number of anilines is 1. The second-order valence-electron chi connectivity index (χ2n) is 4.05. The van der Waals surface area contributed by atoms with Crippen LogP contribution in [0.4, 0.5) is 10.2 Å². The highest BCUT2D eigenvalue weighted by Gasteiger charge is 2.18. The highest BCUT2D eigenvalue weighted by atomic mass is 19.1. The zero-order valence-corrected chi connectivity index (χ0v) is 8.91. The lowest BCUT2D eigenvalue weighted by atomic mass is 10.1. The molecule has 3 nitrogen and oxygen atoms in total. The second kappa shape index (κ2) is 4.57. The van der Waals surface area contributed by atoms with Crippen molar-refractivity contribution < 1.29 is 4.39 Å². The number of halogens is 1. The molecule has 2 rings (SSSR count). The number of pyridine rings is 1. The summed E-state index contributed by atoms with van der Waals surface area (Å²) in [6.07, 6.45) is 2.79. The third kappa shape index (κ3) is 2.45. The van der Waals surface area contributed by atoms with Crippen LogP contribution in [0, 0.1) is 11.7 Å². The standard InChI is InChI=1S/C11H16FN3/c1-15(8-9-4-6-13-7-9)11-10(12)3-2-5-14-11/h2-3,5,9,13H,4,6-8H2,1H3. The summed E-state index contributed by atoms with van der Waals surface area (Å²) in [4.78, 5) is 5.95. The summed E-state index contributed by atoms with van der Waals surface area (Å²) in [5, 5.41) is 3.30. The van der Waals surface area contributed by atoms with Gasteiger partial charge < -0.3 is 10.2 Å². The van der Waals surface area contributed by atoms with E-state index in [9.17, 15) is 4.39 Å². The Morgan fingerprint density at radius 1 is 1.67 bits per heavy atom. The lowest BCUT2D eigenvalue weighted by Crippen LogP contribution is -2.28. The van der Waals surface area contributed by atoms with E-state index in [-0.39, 0.29) is 5.82 Å². The predicted octanol–water partition coefficient (Wildman–Crippen LogP) is 1.27. The Morgan fingerprint density at radius 2 is 2.53 bits per heavy atom. The van der Waals surface area contributed by atoms with Gasteiger partial charge in [-0.3, -0.25) is 0 Å². The van der Waals surface area contributed by atoms with E-state index in [0.29, 0.717) is 11.7 Å². The van der Waals surface area contributed by atoms with Crippen LogP contribution < -0.4 is 10.2 Å². The van der Waals surface area contributed by atoms with Crippen molar-refractivity contribution in [3.8, 4) is 0 Å². The van der Waals surface area contributed by atoms with Crippen LogP contribution in [0.1, 0.15) is 6.42 Å². The Kier molecular flexibility index (Phi) is 3.16. The van der Waals surface area contributed by atoms with Crippen molar-refractivity contribution in [2.75, 3.05) is 31.6 Å². The molecule has 1 N–H and O–H groups in total. The second-order valence-corrected chi connectivity index (χ2v) is 4.05. The van der Waals surface area contributed by atoms with E-state index >= 15 is 0 Å². The van der Waals surface area contributed by atoms with Crippen LogP contribution in [0.15, 0.2) is 18.3 Å². The summed E-state index contributed by atoms with van der Waals surface area (Å²) in [5.74, 6) is 0.812. The van der Waals surface area contributed by atoms with E-state index in [1.54, 1.807) is 12.3 Å². The Labute approximate surface area is 89.3 Å². The Bertz CT molecular complexity index is 323. The maximum atomic E-state index is 13.4. The van der Waals surface area contributed by atoms with Gasteiger partial charge in [0.2, 0.25) is 0 Å². The van der Waals surface area contributed by atoms with E-state index in [4.69, 9.17) is 0 Å². The van der Waals surface area contributed by atoms with Gasteiger partial charge in [-0.1, -0.05) is 0 Å². The largest absolute Gasteiger partial charge is 0.357 e. The number of nitrogens with one attached hydrogen (secondary N) is 1. The molecule has 0 amide bonds. The van der Waals surface area contributed by atoms with E-state index in [1.807, 2.05) is 11.9 Å². The average Bonchev–Trinajstić information content (AvgIpc) is 2.71. The Hall–Kier alpha value is -1.16. The van der Waals surface area contributed by atoms with Gasteiger partial charge in [-0.25, -0.2) is 9.37 Å². The lowest BCUT2D eigenvalue weighted by molar-refractivity contribution is 0.559. The molecular weight excluding hydrogens is 193 g/mol. The van der Waals surface area contributed by atoms with Gasteiger partial charge in [-0.05, 0) is 37.6 Å². The zero-order chi connectivity index (χ0) is 10.7. The number of nitrogens with zero attached hydrogens (tertiary/aromatic N) is 2. The number of aromatic nitrogens is 1. The molecule has 0 aliphatic carbocycles. The van der Waals surface area contributed by atoms with Crippen molar-refractivity contribution in [1.82, 2.24) is 10.3 Å². The molecule has 82 valence electrons. The molecule has 1 aliphatic heterocycles. The molecule has 1 aliphatic rings. The van der Waals surface area contributed by atoms with E-state index in [1.165, 1.54) is 12.5 Å². The first kappa shape index (κ1) is 10.4. The van der Waals surface area contributed by atoms with Crippen LogP contribution in [0.5, 0.6) is 0 Å². The summed E-state index contributed by atoms with van der Waals surface area (Å²) >= 11 is 0. The molecule has 1 unspecified atom stereocenters. The van der Waals surface area contributed by atoms with Gasteiger partial charge in [0.15, 0.2) is 11.6 Å². The van der Waals surface area contributed by atoms with Crippen LogP contribution in [-0.2, 0) is 0 Å². The van der Waals surface area contributed by atoms with Gasteiger partial charge in [0.1, 0.15) is 0 Å². The van der Waals surface area contributed by atoms with Crippen molar-refractivity contribution in [3.63, 3.8) is 0 Å². The molecule has 1 aromatic heterocycles. The molecule has 1 aromatic rings. The maximum absolute atomic E-state index is 13.4. The number of hydrogen-bond acceptors (Lipinski definition) is 3. The van der Waals surface area contributed by atoms with Gasteiger partial charge in [-0.15, -0.1) is 0 Å². The quantitative estimate of drug-likeness (QED) is 0.812. The highest BCUT2D eigenvalue weighted by Crippen LogP contribution is 2.17. The maximum Gasteiger partial charge on any atom is 0.165 e. The highest BCUT2D eigenvalue weighted by molar-refractivity contribution is 5.38. The van der Waals surface area contributed by atoms with Crippen molar-refractivity contribution in [2.45, 2.75) is 6.42 Å². The zero-order valence-electron chi connectivity index (χ0n) is 8.91. The first-order chi connectivity index (χ1) is 7.27. The molecular formula is C11H16FN3. The smallest absolute Gasteiger partial charge is 0.165 e. The summed E-state index contributed by atoms with van der Waals surface area (Å²) in [6.45, 7) is 2.96. The first-order valence-electron chi connectivity index (χ1n) is 5.30. The topological polar surface area (TPSA) is 28.2 Å². The predicted molar refractivity (Wildman–Crippen MR) is 58.4 cm³/mol. The average molecular weight is 209 g/mol. The summed E-state index contributed by atoms with van der Waals surface area (Å²) in [6, 6.07) is 3.07. The molecule has 1 atom stereocenters. The monoisotopic (exact) mass is 209 g/mol. The van der Waals surface area contributed by atoms with Gasteiger partial charge >= 0.3 is 0 Å². The molecule has 4 heteroatoms. The molecule has 15 heavy (non-hydrogen) atoms. The van der Waals surface area contributed by atoms with E-state index < -0.39 is 0 Å². The van der Waals surface area contributed by atoms with Crippen molar-refractivity contribution >= 4 is 5.82 Å². The van der Waals surface area contributed by atoms with Crippen LogP contribution in [0.3, 0.4) is 0 Å². The van der Waals surface area contributed by atoms with Crippen LogP contribution in [-0.4, -0.2) is 31.7 Å². The van der Waals surface area contributed by atoms with Gasteiger partial charge in [0, 0.05) is 19.8 Å². The van der Waals surface area contributed by atoms with E-state index in [2.05, 4.69) is 10.3 Å². The molecule has 1 fully saturated rings. The van der Waals surface area contributed by atoms with Crippen LogP contribution >= 0.6 is 0 Å². The minimum Gasteiger partial charge on any atom is -0.357 e. The third-order valence-corrected chi connectivity index (χ3v) is 2.80. The minimum atomic E-state index is -0.244. The van der Waals surface area contributed by atoms with Gasteiger partial charge in [0.25, 0.3) is 0 Å².